The number of nitrogens with zero attached hydrogens (tertiary/aromatic N) is 2. The van der Waals surface area contributed by atoms with Gasteiger partial charge in [-0.1, -0.05) is 64.5 Å². The number of hydrogen-bond acceptors (Lipinski definition) is 2. The van der Waals surface area contributed by atoms with Crippen LogP contribution in [0.5, 0.6) is 0 Å². The van der Waals surface area contributed by atoms with Gasteiger partial charge in [0.05, 0.1) is 17.1 Å². The van der Waals surface area contributed by atoms with Crippen molar-refractivity contribution >= 4 is 32.9 Å². The van der Waals surface area contributed by atoms with Gasteiger partial charge in [-0.05, 0) is 42.8 Å². The maximum Gasteiger partial charge on any atom is 0.251 e. The molecule has 1 unspecified atom stereocenters. The van der Waals surface area contributed by atoms with Crippen LogP contribution >= 0.6 is 15.9 Å². The lowest BCUT2D eigenvalue weighted by Crippen LogP contribution is -2.26. The number of para-hydroxylation sites is 2. The van der Waals surface area contributed by atoms with E-state index in [2.05, 4.69) is 63.1 Å². The zero-order chi connectivity index (χ0) is 20.2. The molecule has 29 heavy (non-hydrogen) atoms. The molecule has 4 nitrogen and oxygen atoms in total. The molecule has 0 fully saturated rings. The van der Waals surface area contributed by atoms with E-state index >= 15 is 0 Å². The van der Waals surface area contributed by atoms with Gasteiger partial charge in [0.25, 0.3) is 5.91 Å². The van der Waals surface area contributed by atoms with Gasteiger partial charge in [-0.2, -0.15) is 0 Å². The molecule has 0 aliphatic rings. The number of hydrogen-bond donors (Lipinski definition) is 1. The fraction of sp³-hybridized carbons (Fsp3) is 0.167. The molecule has 0 saturated carbocycles. The number of benzene rings is 3. The molecular weight excluding hydrogens is 426 g/mol. The maximum absolute atomic E-state index is 12.4. The van der Waals surface area contributed by atoms with Crippen LogP contribution in [0.15, 0.2) is 83.3 Å². The van der Waals surface area contributed by atoms with Gasteiger partial charge < -0.3 is 9.88 Å². The number of carbonyl (C=O) groups is 1. The van der Waals surface area contributed by atoms with Crippen LogP contribution in [0.4, 0.5) is 0 Å². The number of carbonyl (C=O) groups excluding carboxylic acids is 1. The van der Waals surface area contributed by atoms with Crippen LogP contribution in [0.25, 0.3) is 11.0 Å². The second-order valence-corrected chi connectivity index (χ2v) is 7.91. The molecule has 1 atom stereocenters. The molecule has 3 aromatic carbocycles. The summed E-state index contributed by atoms with van der Waals surface area (Å²) in [6, 6.07) is 26.2. The van der Waals surface area contributed by atoms with E-state index in [0.29, 0.717) is 18.5 Å². The first-order chi connectivity index (χ1) is 14.1. The van der Waals surface area contributed by atoms with Gasteiger partial charge in [0.2, 0.25) is 0 Å². The van der Waals surface area contributed by atoms with E-state index in [0.717, 1.165) is 21.3 Å². The van der Waals surface area contributed by atoms with Crippen LogP contribution in [0.1, 0.15) is 34.7 Å². The Kier molecular flexibility index (Phi) is 5.76. The van der Waals surface area contributed by atoms with Crippen LogP contribution < -0.4 is 5.32 Å². The summed E-state index contributed by atoms with van der Waals surface area (Å²) in [6.07, 6.45) is 0.658. The summed E-state index contributed by atoms with van der Waals surface area (Å²) in [5.74, 6) is 0.891. The van der Waals surface area contributed by atoms with Gasteiger partial charge in [0, 0.05) is 23.0 Å². The van der Waals surface area contributed by atoms with Gasteiger partial charge in [-0.3, -0.25) is 4.79 Å². The lowest BCUT2D eigenvalue weighted by atomic mass is 10.1. The Balaban J connectivity index is 1.56. The number of nitrogens with one attached hydrogen (secondary N) is 1. The Hall–Kier alpha value is -2.92. The highest BCUT2D eigenvalue weighted by Gasteiger charge is 2.17. The molecule has 1 aromatic heterocycles. The predicted molar refractivity (Wildman–Crippen MR) is 120 cm³/mol. The summed E-state index contributed by atoms with van der Waals surface area (Å²) in [5.41, 5.74) is 3.96. The summed E-state index contributed by atoms with van der Waals surface area (Å²) < 4.78 is 3.17. The van der Waals surface area contributed by atoms with E-state index < -0.39 is 0 Å². The molecule has 0 aliphatic carbocycles. The molecule has 1 heterocycles. The lowest BCUT2D eigenvalue weighted by molar-refractivity contribution is 0.0954. The maximum atomic E-state index is 12.4. The Bertz CT molecular complexity index is 1140. The van der Waals surface area contributed by atoms with Crippen molar-refractivity contribution in [1.82, 2.24) is 14.9 Å². The largest absolute Gasteiger partial charge is 0.352 e. The number of aromatic nitrogens is 2. The molecule has 0 saturated heterocycles. The monoisotopic (exact) mass is 447 g/mol. The summed E-state index contributed by atoms with van der Waals surface area (Å²) in [6.45, 7) is 2.71. The van der Waals surface area contributed by atoms with Crippen molar-refractivity contribution in [2.45, 2.75) is 19.4 Å². The zero-order valence-corrected chi connectivity index (χ0v) is 17.8. The highest BCUT2D eigenvalue weighted by Crippen LogP contribution is 2.26. The minimum Gasteiger partial charge on any atom is -0.352 e. The lowest BCUT2D eigenvalue weighted by Gasteiger charge is -2.18. The predicted octanol–water partition coefficient (Wildman–Crippen LogP) is 5.38. The van der Waals surface area contributed by atoms with Crippen molar-refractivity contribution in [1.29, 1.82) is 0 Å². The summed E-state index contributed by atoms with van der Waals surface area (Å²) in [4.78, 5) is 17.3. The second kappa shape index (κ2) is 8.62. The minimum atomic E-state index is -0.0786. The van der Waals surface area contributed by atoms with Crippen LogP contribution in [0, 0.1) is 0 Å². The summed E-state index contributed by atoms with van der Waals surface area (Å²) in [5, 5.41) is 3.01. The molecule has 0 aliphatic heterocycles. The van der Waals surface area contributed by atoms with Crippen molar-refractivity contribution < 1.29 is 4.79 Å². The third-order valence-electron chi connectivity index (χ3n) is 5.06. The summed E-state index contributed by atoms with van der Waals surface area (Å²) >= 11 is 3.41. The first kappa shape index (κ1) is 19.4. The quantitative estimate of drug-likeness (QED) is 0.431. The topological polar surface area (TPSA) is 46.9 Å². The van der Waals surface area contributed by atoms with E-state index in [9.17, 15) is 4.79 Å². The first-order valence-electron chi connectivity index (χ1n) is 9.68. The SMILES string of the molecule is CC(c1ccccc1)n1c(CCNC(=O)c2cccc(Br)c2)nc2ccccc21. The van der Waals surface area contributed by atoms with Gasteiger partial charge in [0.15, 0.2) is 0 Å². The molecule has 4 aromatic rings. The standard InChI is InChI=1S/C24H22BrN3O/c1-17(18-8-3-2-4-9-18)28-22-13-6-5-12-21(22)27-23(28)14-15-26-24(29)19-10-7-11-20(25)16-19/h2-13,16-17H,14-15H2,1H3,(H,26,29). The number of amides is 1. The van der Waals surface area contributed by atoms with Crippen molar-refractivity contribution in [3.8, 4) is 0 Å². The summed E-state index contributed by atoms with van der Waals surface area (Å²) in [7, 11) is 0. The molecule has 0 bridgehead atoms. The van der Waals surface area contributed by atoms with Crippen LogP contribution in [-0.4, -0.2) is 22.0 Å². The fourth-order valence-corrected chi connectivity index (χ4v) is 4.00. The highest BCUT2D eigenvalue weighted by molar-refractivity contribution is 9.10. The fourth-order valence-electron chi connectivity index (χ4n) is 3.60. The molecule has 146 valence electrons. The first-order valence-corrected chi connectivity index (χ1v) is 10.5. The van der Waals surface area contributed by atoms with Gasteiger partial charge in [-0.15, -0.1) is 0 Å². The number of halogens is 1. The van der Waals surface area contributed by atoms with Crippen LogP contribution in [0.3, 0.4) is 0 Å². The van der Waals surface area contributed by atoms with E-state index in [1.165, 1.54) is 5.56 Å². The average Bonchev–Trinajstić information content (AvgIpc) is 3.12. The highest BCUT2D eigenvalue weighted by atomic mass is 79.9. The van der Waals surface area contributed by atoms with Crippen molar-refractivity contribution in [3.05, 3.63) is 100 Å². The van der Waals surface area contributed by atoms with Crippen LogP contribution in [-0.2, 0) is 6.42 Å². The van der Waals surface area contributed by atoms with Gasteiger partial charge in [-0.25, -0.2) is 4.98 Å². The van der Waals surface area contributed by atoms with E-state index in [1.54, 1.807) is 0 Å². The Morgan fingerprint density at radius 3 is 2.59 bits per heavy atom. The Labute approximate surface area is 178 Å². The Morgan fingerprint density at radius 2 is 1.79 bits per heavy atom. The van der Waals surface area contributed by atoms with E-state index in [1.807, 2.05) is 48.5 Å². The van der Waals surface area contributed by atoms with E-state index in [-0.39, 0.29) is 11.9 Å². The van der Waals surface area contributed by atoms with Crippen LogP contribution in [0.2, 0.25) is 0 Å². The second-order valence-electron chi connectivity index (χ2n) is 6.99. The zero-order valence-electron chi connectivity index (χ0n) is 16.2. The third-order valence-corrected chi connectivity index (χ3v) is 5.55. The molecule has 1 amide bonds. The van der Waals surface area contributed by atoms with Gasteiger partial charge >= 0.3 is 0 Å². The molecule has 0 radical (unpaired) electrons. The minimum absolute atomic E-state index is 0.0786. The normalized spacial score (nSPS) is 12.1. The van der Waals surface area contributed by atoms with Crippen molar-refractivity contribution in [2.75, 3.05) is 6.54 Å². The molecule has 5 heteroatoms. The Morgan fingerprint density at radius 1 is 1.03 bits per heavy atom. The number of imidazole rings is 1. The number of fused-ring (bicyclic) bond motifs is 1. The molecule has 4 rings (SSSR count). The van der Waals surface area contributed by atoms with Crippen molar-refractivity contribution in [3.63, 3.8) is 0 Å². The smallest absolute Gasteiger partial charge is 0.251 e. The van der Waals surface area contributed by atoms with E-state index in [4.69, 9.17) is 4.98 Å². The molecule has 0 spiro atoms. The van der Waals surface area contributed by atoms with Gasteiger partial charge in [0.1, 0.15) is 5.82 Å². The third kappa shape index (κ3) is 4.25. The number of rotatable bonds is 6. The molecular formula is C24H22BrN3O. The molecule has 1 N–H and O–H groups in total. The average molecular weight is 448 g/mol. The van der Waals surface area contributed by atoms with Crippen molar-refractivity contribution in [2.24, 2.45) is 0 Å².